The van der Waals surface area contributed by atoms with E-state index in [0.29, 0.717) is 0 Å². The van der Waals surface area contributed by atoms with Crippen LogP contribution in [0.25, 0.3) is 0 Å². The summed E-state index contributed by atoms with van der Waals surface area (Å²) < 4.78 is 0. The normalized spacial score (nSPS) is 45.8. The van der Waals surface area contributed by atoms with Crippen LogP contribution in [0.5, 0.6) is 0 Å². The molecule has 0 spiro atoms. The summed E-state index contributed by atoms with van der Waals surface area (Å²) >= 11 is 0. The van der Waals surface area contributed by atoms with Gasteiger partial charge in [-0.1, -0.05) is 0 Å². The molecule has 0 amide bonds. The maximum Gasteiger partial charge on any atom is 0.0224 e. The Labute approximate surface area is 124 Å². The van der Waals surface area contributed by atoms with Gasteiger partial charge < -0.3 is 5.32 Å². The quantitative estimate of drug-likeness (QED) is 0.852. The van der Waals surface area contributed by atoms with E-state index in [4.69, 9.17) is 0 Å². The molecule has 0 saturated carbocycles. The molecule has 0 aromatic carbocycles. The Kier molecular flexibility index (Phi) is 3.78. The lowest BCUT2D eigenvalue weighted by atomic mass is 9.89. The second-order valence-electron chi connectivity index (χ2n) is 7.90. The van der Waals surface area contributed by atoms with Gasteiger partial charge in [0.1, 0.15) is 0 Å². The van der Waals surface area contributed by atoms with Crippen LogP contribution in [0.4, 0.5) is 0 Å². The molecular formula is C17H31N3. The molecule has 4 saturated heterocycles. The van der Waals surface area contributed by atoms with Crippen molar-refractivity contribution in [2.24, 2.45) is 5.92 Å². The highest BCUT2D eigenvalue weighted by molar-refractivity contribution is 4.94. The van der Waals surface area contributed by atoms with Crippen LogP contribution in [-0.4, -0.2) is 60.1 Å². The fourth-order valence-corrected chi connectivity index (χ4v) is 5.32. The van der Waals surface area contributed by atoms with Crippen molar-refractivity contribution in [1.29, 1.82) is 0 Å². The van der Waals surface area contributed by atoms with Gasteiger partial charge >= 0.3 is 0 Å². The highest BCUT2D eigenvalue weighted by atomic mass is 15.3. The van der Waals surface area contributed by atoms with E-state index in [1.165, 1.54) is 71.1 Å². The number of hydrogen-bond acceptors (Lipinski definition) is 3. The fraction of sp³-hybridized carbons (Fsp3) is 1.00. The van der Waals surface area contributed by atoms with Gasteiger partial charge in [0.05, 0.1) is 0 Å². The van der Waals surface area contributed by atoms with E-state index in [0.717, 1.165) is 30.1 Å². The first-order valence-electron chi connectivity index (χ1n) is 9.02. The summed E-state index contributed by atoms with van der Waals surface area (Å²) in [4.78, 5) is 5.54. The molecule has 20 heavy (non-hydrogen) atoms. The van der Waals surface area contributed by atoms with Gasteiger partial charge in [-0.15, -0.1) is 0 Å². The van der Waals surface area contributed by atoms with Gasteiger partial charge in [0.2, 0.25) is 0 Å². The van der Waals surface area contributed by atoms with Crippen molar-refractivity contribution in [1.82, 2.24) is 15.1 Å². The minimum atomic E-state index is 0.780. The van der Waals surface area contributed by atoms with Gasteiger partial charge in [0.25, 0.3) is 0 Å². The molecule has 4 heterocycles. The molecule has 4 aliphatic rings. The Hall–Kier alpha value is -0.120. The van der Waals surface area contributed by atoms with Crippen molar-refractivity contribution in [2.45, 2.75) is 76.0 Å². The van der Waals surface area contributed by atoms with E-state index in [1.807, 2.05) is 0 Å². The van der Waals surface area contributed by atoms with Crippen LogP contribution in [-0.2, 0) is 0 Å². The summed E-state index contributed by atoms with van der Waals surface area (Å²) in [5.41, 5.74) is 0. The summed E-state index contributed by atoms with van der Waals surface area (Å²) in [6.45, 7) is 7.83. The average Bonchev–Trinajstić information content (AvgIpc) is 3.02. The van der Waals surface area contributed by atoms with Gasteiger partial charge in [-0.25, -0.2) is 0 Å². The maximum atomic E-state index is 3.78. The highest BCUT2D eigenvalue weighted by Crippen LogP contribution is 2.33. The van der Waals surface area contributed by atoms with Crippen molar-refractivity contribution in [2.75, 3.05) is 26.2 Å². The predicted octanol–water partition coefficient (Wildman–Crippen LogP) is 2.08. The molecule has 0 aromatic rings. The molecule has 3 nitrogen and oxygen atoms in total. The van der Waals surface area contributed by atoms with Crippen LogP contribution >= 0.6 is 0 Å². The first kappa shape index (κ1) is 13.5. The summed E-state index contributed by atoms with van der Waals surface area (Å²) in [5, 5.41) is 3.78. The molecule has 1 N–H and O–H groups in total. The highest BCUT2D eigenvalue weighted by Gasteiger charge is 2.36. The van der Waals surface area contributed by atoms with E-state index in [2.05, 4.69) is 22.0 Å². The van der Waals surface area contributed by atoms with Crippen molar-refractivity contribution >= 4 is 0 Å². The number of nitrogens with zero attached hydrogens (tertiary/aromatic N) is 2. The van der Waals surface area contributed by atoms with Gasteiger partial charge in [0, 0.05) is 37.3 Å². The minimum Gasteiger partial charge on any atom is -0.311 e. The van der Waals surface area contributed by atoms with E-state index >= 15 is 0 Å². The molecule has 0 aromatic heterocycles. The molecule has 4 unspecified atom stereocenters. The predicted molar refractivity (Wildman–Crippen MR) is 82.9 cm³/mol. The Morgan fingerprint density at radius 2 is 1.85 bits per heavy atom. The molecule has 2 bridgehead atoms. The molecule has 3 heteroatoms. The molecule has 0 aliphatic carbocycles. The molecule has 0 radical (unpaired) electrons. The van der Waals surface area contributed by atoms with Crippen molar-refractivity contribution in [3.05, 3.63) is 0 Å². The number of piperidine rings is 1. The maximum absolute atomic E-state index is 3.78. The largest absolute Gasteiger partial charge is 0.311 e. The van der Waals surface area contributed by atoms with Crippen molar-refractivity contribution < 1.29 is 0 Å². The van der Waals surface area contributed by atoms with Crippen LogP contribution in [0.2, 0.25) is 0 Å². The Morgan fingerprint density at radius 1 is 1.05 bits per heavy atom. The summed E-state index contributed by atoms with van der Waals surface area (Å²) in [6.07, 6.45) is 10.1. The minimum absolute atomic E-state index is 0.780. The molecular weight excluding hydrogens is 246 g/mol. The molecule has 114 valence electrons. The van der Waals surface area contributed by atoms with E-state index in [9.17, 15) is 0 Å². The molecule has 4 fully saturated rings. The lowest BCUT2D eigenvalue weighted by Crippen LogP contribution is -2.55. The first-order chi connectivity index (χ1) is 9.78. The average molecular weight is 277 g/mol. The fourth-order valence-electron chi connectivity index (χ4n) is 5.32. The van der Waals surface area contributed by atoms with E-state index in [1.54, 1.807) is 0 Å². The van der Waals surface area contributed by atoms with Gasteiger partial charge in [-0.2, -0.15) is 0 Å². The van der Waals surface area contributed by atoms with Gasteiger partial charge in [0.15, 0.2) is 0 Å². The van der Waals surface area contributed by atoms with Crippen LogP contribution in [0.1, 0.15) is 51.9 Å². The lowest BCUT2D eigenvalue weighted by Gasteiger charge is -2.43. The topological polar surface area (TPSA) is 18.5 Å². The number of hydrogen-bond donors (Lipinski definition) is 1. The Morgan fingerprint density at radius 3 is 2.65 bits per heavy atom. The second-order valence-corrected chi connectivity index (χ2v) is 7.90. The van der Waals surface area contributed by atoms with Crippen molar-refractivity contribution in [3.63, 3.8) is 0 Å². The van der Waals surface area contributed by atoms with Gasteiger partial charge in [-0.3, -0.25) is 9.80 Å². The van der Waals surface area contributed by atoms with Crippen molar-refractivity contribution in [3.8, 4) is 0 Å². The van der Waals surface area contributed by atoms with E-state index in [-0.39, 0.29) is 0 Å². The van der Waals surface area contributed by atoms with Crippen LogP contribution in [0, 0.1) is 5.92 Å². The summed E-state index contributed by atoms with van der Waals surface area (Å²) in [6, 6.07) is 3.39. The second kappa shape index (κ2) is 5.58. The van der Waals surface area contributed by atoms with Crippen LogP contribution < -0.4 is 5.32 Å². The number of fused-ring (bicyclic) bond motifs is 3. The number of rotatable bonds is 3. The third-order valence-electron chi connectivity index (χ3n) is 6.46. The van der Waals surface area contributed by atoms with E-state index < -0.39 is 0 Å². The van der Waals surface area contributed by atoms with Gasteiger partial charge in [-0.05, 0) is 70.9 Å². The Bertz CT molecular complexity index is 333. The van der Waals surface area contributed by atoms with Crippen LogP contribution in [0.15, 0.2) is 0 Å². The summed E-state index contributed by atoms with van der Waals surface area (Å²) in [5.74, 6) is 1.00. The molecule has 4 atom stereocenters. The zero-order chi connectivity index (χ0) is 13.5. The lowest BCUT2D eigenvalue weighted by molar-refractivity contribution is 0.0534. The smallest absolute Gasteiger partial charge is 0.0224 e. The third kappa shape index (κ3) is 2.65. The zero-order valence-corrected chi connectivity index (χ0v) is 13.1. The molecule has 4 rings (SSSR count). The SMILES string of the molecule is CC1CN2CCCC2CN1CCC1CC2CCC(C1)N2. The standard InChI is InChI=1S/C17H31N3/c1-13-11-20-7-2-3-17(20)12-19(13)8-6-14-9-15-4-5-16(10-14)18-15/h13-18H,2-12H2,1H3. The number of piperazine rings is 1. The Balaban J connectivity index is 1.28. The summed E-state index contributed by atoms with van der Waals surface area (Å²) in [7, 11) is 0. The monoisotopic (exact) mass is 277 g/mol. The van der Waals surface area contributed by atoms with Crippen LogP contribution in [0.3, 0.4) is 0 Å². The molecule has 4 aliphatic heterocycles. The third-order valence-corrected chi connectivity index (χ3v) is 6.46. The number of nitrogens with one attached hydrogen (secondary N) is 1. The zero-order valence-electron chi connectivity index (χ0n) is 13.1. The first-order valence-corrected chi connectivity index (χ1v) is 9.02.